The van der Waals surface area contributed by atoms with Crippen LogP contribution in [-0.2, 0) is 0 Å². The molecule has 0 fully saturated rings. The standard InChI is InChI=1S/C12H12N4O4/c1-6-10(15-8(3)13-7(2)14-15)4-9(12(17)18)5-11(6)16(19)20/h4-5H,1-3H3,(H,17,18). The highest BCUT2D eigenvalue weighted by Gasteiger charge is 2.21. The van der Waals surface area contributed by atoms with Crippen molar-refractivity contribution >= 4 is 11.7 Å². The SMILES string of the molecule is Cc1nc(C)n(-c2cc(C(=O)O)cc([N+](=O)[O-])c2C)n1. The number of carbonyl (C=O) groups is 1. The molecule has 0 atom stereocenters. The van der Waals surface area contributed by atoms with E-state index >= 15 is 0 Å². The first-order valence-corrected chi connectivity index (χ1v) is 5.74. The van der Waals surface area contributed by atoms with E-state index in [2.05, 4.69) is 10.1 Å². The topological polar surface area (TPSA) is 111 Å². The van der Waals surface area contributed by atoms with Crippen LogP contribution in [-0.4, -0.2) is 30.8 Å². The van der Waals surface area contributed by atoms with Crippen LogP contribution in [0.5, 0.6) is 0 Å². The zero-order valence-electron chi connectivity index (χ0n) is 11.1. The number of nitro benzene ring substituents is 1. The lowest BCUT2D eigenvalue weighted by atomic mass is 10.1. The van der Waals surface area contributed by atoms with Crippen molar-refractivity contribution in [3.63, 3.8) is 0 Å². The van der Waals surface area contributed by atoms with Gasteiger partial charge in [-0.25, -0.2) is 14.5 Å². The van der Waals surface area contributed by atoms with Crippen LogP contribution >= 0.6 is 0 Å². The molecule has 0 radical (unpaired) electrons. The Bertz CT molecular complexity index is 720. The molecule has 0 saturated heterocycles. The van der Waals surface area contributed by atoms with E-state index in [0.29, 0.717) is 22.9 Å². The summed E-state index contributed by atoms with van der Waals surface area (Å²) in [5.74, 6) is -0.198. The second-order valence-electron chi connectivity index (χ2n) is 4.32. The van der Waals surface area contributed by atoms with E-state index in [1.165, 1.54) is 10.7 Å². The van der Waals surface area contributed by atoms with Gasteiger partial charge in [-0.3, -0.25) is 10.1 Å². The van der Waals surface area contributed by atoms with Gasteiger partial charge >= 0.3 is 5.97 Å². The first-order valence-electron chi connectivity index (χ1n) is 5.74. The molecule has 0 bridgehead atoms. The summed E-state index contributed by atoms with van der Waals surface area (Å²) < 4.78 is 1.41. The molecule has 8 heteroatoms. The molecule has 1 aromatic carbocycles. The summed E-state index contributed by atoms with van der Waals surface area (Å²) >= 11 is 0. The van der Waals surface area contributed by atoms with Gasteiger partial charge < -0.3 is 5.11 Å². The second-order valence-corrected chi connectivity index (χ2v) is 4.32. The third-order valence-electron chi connectivity index (χ3n) is 2.90. The molecule has 0 aliphatic heterocycles. The van der Waals surface area contributed by atoms with Crippen molar-refractivity contribution < 1.29 is 14.8 Å². The third kappa shape index (κ3) is 2.22. The van der Waals surface area contributed by atoms with Gasteiger partial charge in [-0.1, -0.05) is 0 Å². The second kappa shape index (κ2) is 4.72. The van der Waals surface area contributed by atoms with E-state index < -0.39 is 10.9 Å². The van der Waals surface area contributed by atoms with E-state index in [-0.39, 0.29) is 11.3 Å². The highest BCUT2D eigenvalue weighted by atomic mass is 16.6. The Balaban J connectivity index is 2.78. The molecule has 2 aromatic rings. The van der Waals surface area contributed by atoms with Gasteiger partial charge in [0.15, 0.2) is 0 Å². The number of aryl methyl sites for hydroxylation is 2. The summed E-state index contributed by atoms with van der Waals surface area (Å²) in [7, 11) is 0. The average Bonchev–Trinajstić information content (AvgIpc) is 2.67. The lowest BCUT2D eigenvalue weighted by Crippen LogP contribution is -2.08. The molecular weight excluding hydrogens is 264 g/mol. The maximum atomic E-state index is 11.1. The smallest absolute Gasteiger partial charge is 0.336 e. The Morgan fingerprint density at radius 2 is 2.00 bits per heavy atom. The molecule has 0 unspecified atom stereocenters. The van der Waals surface area contributed by atoms with Crippen LogP contribution in [0.25, 0.3) is 5.69 Å². The fourth-order valence-corrected chi connectivity index (χ4v) is 1.97. The van der Waals surface area contributed by atoms with Gasteiger partial charge in [-0.05, 0) is 26.8 Å². The number of rotatable bonds is 3. The van der Waals surface area contributed by atoms with Crippen LogP contribution in [0.15, 0.2) is 12.1 Å². The Labute approximate surface area is 113 Å². The van der Waals surface area contributed by atoms with Crippen molar-refractivity contribution in [2.24, 2.45) is 0 Å². The molecule has 2 rings (SSSR count). The first-order chi connectivity index (χ1) is 9.31. The summed E-state index contributed by atoms with van der Waals surface area (Å²) in [6, 6.07) is 2.39. The minimum absolute atomic E-state index is 0.162. The van der Waals surface area contributed by atoms with Crippen molar-refractivity contribution in [1.29, 1.82) is 0 Å². The molecule has 1 aromatic heterocycles. The van der Waals surface area contributed by atoms with Crippen molar-refractivity contribution in [1.82, 2.24) is 14.8 Å². The van der Waals surface area contributed by atoms with Gasteiger partial charge in [0, 0.05) is 6.07 Å². The first kappa shape index (κ1) is 13.7. The molecule has 0 saturated carbocycles. The van der Waals surface area contributed by atoms with Crippen LogP contribution in [0.2, 0.25) is 0 Å². The van der Waals surface area contributed by atoms with Gasteiger partial charge in [-0.15, -0.1) is 0 Å². The van der Waals surface area contributed by atoms with E-state index in [9.17, 15) is 14.9 Å². The lowest BCUT2D eigenvalue weighted by Gasteiger charge is -2.09. The number of nitrogens with zero attached hydrogens (tertiary/aromatic N) is 4. The Morgan fingerprint density at radius 1 is 1.35 bits per heavy atom. The number of aromatic carboxylic acids is 1. The van der Waals surface area contributed by atoms with Gasteiger partial charge in [-0.2, -0.15) is 5.10 Å². The van der Waals surface area contributed by atoms with Gasteiger partial charge in [0.25, 0.3) is 5.69 Å². The number of carboxylic acid groups (broad SMARTS) is 1. The van der Waals surface area contributed by atoms with Crippen LogP contribution in [0.3, 0.4) is 0 Å². The average molecular weight is 276 g/mol. The molecule has 0 spiro atoms. The van der Waals surface area contributed by atoms with Crippen LogP contribution in [0.1, 0.15) is 27.6 Å². The lowest BCUT2D eigenvalue weighted by molar-refractivity contribution is -0.385. The largest absolute Gasteiger partial charge is 0.478 e. The number of aromatic nitrogens is 3. The number of benzene rings is 1. The fourth-order valence-electron chi connectivity index (χ4n) is 1.97. The summed E-state index contributed by atoms with van der Waals surface area (Å²) in [5.41, 5.74) is 0.264. The van der Waals surface area contributed by atoms with Crippen molar-refractivity contribution in [3.8, 4) is 5.69 Å². The Morgan fingerprint density at radius 3 is 2.45 bits per heavy atom. The monoisotopic (exact) mass is 276 g/mol. The van der Waals surface area contributed by atoms with Gasteiger partial charge in [0.05, 0.1) is 21.7 Å². The van der Waals surface area contributed by atoms with Crippen molar-refractivity contribution in [3.05, 3.63) is 45.0 Å². The fraction of sp³-hybridized carbons (Fsp3) is 0.250. The Kier molecular flexibility index (Phi) is 3.23. The molecule has 1 heterocycles. The number of carboxylic acids is 1. The predicted octanol–water partition coefficient (Wildman–Crippen LogP) is 1.80. The van der Waals surface area contributed by atoms with Gasteiger partial charge in [0.1, 0.15) is 11.6 Å². The van der Waals surface area contributed by atoms with E-state index in [0.717, 1.165) is 6.07 Å². The molecule has 0 aliphatic rings. The highest BCUT2D eigenvalue weighted by molar-refractivity contribution is 5.89. The maximum absolute atomic E-state index is 11.1. The minimum atomic E-state index is -1.23. The molecule has 1 N–H and O–H groups in total. The third-order valence-corrected chi connectivity index (χ3v) is 2.90. The van der Waals surface area contributed by atoms with Crippen molar-refractivity contribution in [2.45, 2.75) is 20.8 Å². The minimum Gasteiger partial charge on any atom is -0.478 e. The van der Waals surface area contributed by atoms with E-state index in [4.69, 9.17) is 5.11 Å². The zero-order valence-corrected chi connectivity index (χ0v) is 11.1. The summed E-state index contributed by atoms with van der Waals surface area (Å²) in [6.45, 7) is 4.93. The van der Waals surface area contributed by atoms with Crippen LogP contribution < -0.4 is 0 Å². The van der Waals surface area contributed by atoms with Crippen molar-refractivity contribution in [2.75, 3.05) is 0 Å². The summed E-state index contributed by atoms with van der Waals surface area (Å²) in [6.07, 6.45) is 0. The zero-order chi connectivity index (χ0) is 15.0. The van der Waals surface area contributed by atoms with Crippen LogP contribution in [0, 0.1) is 30.9 Å². The summed E-state index contributed by atoms with van der Waals surface area (Å²) in [5, 5.41) is 24.2. The highest BCUT2D eigenvalue weighted by Crippen LogP contribution is 2.27. The molecule has 8 nitrogen and oxygen atoms in total. The molecule has 0 amide bonds. The summed E-state index contributed by atoms with van der Waals surface area (Å²) in [4.78, 5) is 25.6. The number of nitro groups is 1. The number of hydrogen-bond acceptors (Lipinski definition) is 5. The molecule has 104 valence electrons. The van der Waals surface area contributed by atoms with E-state index in [1.807, 2.05) is 0 Å². The molecule has 20 heavy (non-hydrogen) atoms. The maximum Gasteiger partial charge on any atom is 0.336 e. The molecule has 0 aliphatic carbocycles. The molecular formula is C12H12N4O4. The predicted molar refractivity (Wildman–Crippen MR) is 69.2 cm³/mol. The van der Waals surface area contributed by atoms with Gasteiger partial charge in [0.2, 0.25) is 0 Å². The Hall–Kier alpha value is -2.77. The quantitative estimate of drug-likeness (QED) is 0.675. The normalized spacial score (nSPS) is 10.6. The van der Waals surface area contributed by atoms with Crippen LogP contribution in [0.4, 0.5) is 5.69 Å². The van der Waals surface area contributed by atoms with E-state index in [1.54, 1.807) is 20.8 Å². The number of hydrogen-bond donors (Lipinski definition) is 1.